The van der Waals surface area contributed by atoms with E-state index in [4.69, 9.17) is 14.2 Å². The maximum Gasteiger partial charge on any atom is 0.262 e. The number of para-hydroxylation sites is 2. The fourth-order valence-electron chi connectivity index (χ4n) is 3.04. The fourth-order valence-corrected chi connectivity index (χ4v) is 3.04. The molecule has 8 heteroatoms. The minimum atomic E-state index is -0.686. The van der Waals surface area contributed by atoms with Gasteiger partial charge in [-0.15, -0.1) is 0 Å². The molecular formula is C20H23N3O5. The molecule has 3 rings (SSSR count). The topological polar surface area (TPSA) is 89.1 Å². The Kier molecular flexibility index (Phi) is 5.88. The molecule has 1 aliphatic heterocycles. The second kappa shape index (κ2) is 8.51. The lowest BCUT2D eigenvalue weighted by Crippen LogP contribution is -2.50. The van der Waals surface area contributed by atoms with Crippen LogP contribution >= 0.6 is 0 Å². The van der Waals surface area contributed by atoms with Gasteiger partial charge in [0.05, 0.1) is 33.0 Å². The molecule has 0 radical (unpaired) electrons. The second-order valence-electron chi connectivity index (χ2n) is 6.19. The number of amides is 2. The Labute approximate surface area is 163 Å². The van der Waals surface area contributed by atoms with E-state index in [1.165, 1.54) is 7.11 Å². The highest BCUT2D eigenvalue weighted by Gasteiger charge is 2.31. The van der Waals surface area contributed by atoms with Crippen molar-refractivity contribution in [3.05, 3.63) is 42.5 Å². The molecule has 0 unspecified atom stereocenters. The van der Waals surface area contributed by atoms with Crippen molar-refractivity contribution in [3.8, 4) is 17.2 Å². The minimum absolute atomic E-state index is 0.0716. The summed E-state index contributed by atoms with van der Waals surface area (Å²) >= 11 is 0. The monoisotopic (exact) mass is 385 g/mol. The summed E-state index contributed by atoms with van der Waals surface area (Å²) < 4.78 is 16.2. The largest absolute Gasteiger partial charge is 0.493 e. The number of nitrogens with zero attached hydrogens (tertiary/aromatic N) is 1. The van der Waals surface area contributed by atoms with Gasteiger partial charge in [0.1, 0.15) is 5.75 Å². The Hall–Kier alpha value is -3.42. The summed E-state index contributed by atoms with van der Waals surface area (Å²) in [7, 11) is 4.64. The summed E-state index contributed by atoms with van der Waals surface area (Å²) in [6.45, 7) is 0.345. The summed E-state index contributed by atoms with van der Waals surface area (Å²) in [5.74, 6) is 1.22. The van der Waals surface area contributed by atoms with Crippen LogP contribution in [0.15, 0.2) is 42.5 Å². The van der Waals surface area contributed by atoms with Crippen molar-refractivity contribution < 1.29 is 23.8 Å². The standard InChI is InChI=1S/C20H23N3O5/c1-21-20(25)18-11-23(14-6-4-5-7-15(14)28-18)12-19(24)22-13-8-9-16(26-2)17(10-13)27-3/h4-10,18H,11-12H2,1-3H3,(H,21,25)(H,22,24)/t18-/m1/s1. The summed E-state index contributed by atoms with van der Waals surface area (Å²) in [5.41, 5.74) is 1.36. The highest BCUT2D eigenvalue weighted by Crippen LogP contribution is 2.33. The first-order chi connectivity index (χ1) is 13.5. The third kappa shape index (κ3) is 4.11. The summed E-state index contributed by atoms with van der Waals surface area (Å²) in [6, 6.07) is 12.5. The normalized spacial score (nSPS) is 15.1. The van der Waals surface area contributed by atoms with E-state index in [1.54, 1.807) is 38.4 Å². The van der Waals surface area contributed by atoms with E-state index in [0.29, 0.717) is 22.9 Å². The van der Waals surface area contributed by atoms with Crippen molar-refractivity contribution in [2.24, 2.45) is 0 Å². The SMILES string of the molecule is CNC(=O)[C@H]1CN(CC(=O)Nc2ccc(OC)c(OC)c2)c2ccccc2O1. The molecular weight excluding hydrogens is 362 g/mol. The number of hydrogen-bond donors (Lipinski definition) is 2. The number of nitrogens with one attached hydrogen (secondary N) is 2. The van der Waals surface area contributed by atoms with E-state index in [-0.39, 0.29) is 24.9 Å². The number of fused-ring (bicyclic) bond motifs is 1. The smallest absolute Gasteiger partial charge is 0.262 e. The second-order valence-corrected chi connectivity index (χ2v) is 6.19. The molecule has 2 aromatic rings. The summed E-state index contributed by atoms with van der Waals surface area (Å²) in [4.78, 5) is 26.5. The number of likely N-dealkylation sites (N-methyl/N-ethyl adjacent to an activating group) is 1. The molecule has 28 heavy (non-hydrogen) atoms. The van der Waals surface area contributed by atoms with Crippen LogP contribution in [-0.2, 0) is 9.59 Å². The Morgan fingerprint density at radius 1 is 1.14 bits per heavy atom. The lowest BCUT2D eigenvalue weighted by atomic mass is 10.1. The third-order valence-electron chi connectivity index (χ3n) is 4.40. The quantitative estimate of drug-likeness (QED) is 0.786. The van der Waals surface area contributed by atoms with Crippen LogP contribution in [0.2, 0.25) is 0 Å². The third-order valence-corrected chi connectivity index (χ3v) is 4.40. The number of carbonyl (C=O) groups is 2. The Morgan fingerprint density at radius 3 is 2.61 bits per heavy atom. The maximum absolute atomic E-state index is 12.6. The molecule has 0 spiro atoms. The maximum atomic E-state index is 12.6. The molecule has 0 saturated heterocycles. The molecule has 2 N–H and O–H groups in total. The highest BCUT2D eigenvalue weighted by atomic mass is 16.5. The zero-order chi connectivity index (χ0) is 20.1. The molecule has 1 heterocycles. The van der Waals surface area contributed by atoms with Gasteiger partial charge in [0.25, 0.3) is 5.91 Å². The number of methoxy groups -OCH3 is 2. The Morgan fingerprint density at radius 2 is 1.89 bits per heavy atom. The number of rotatable bonds is 6. The van der Waals surface area contributed by atoms with Gasteiger partial charge in [-0.05, 0) is 24.3 Å². The predicted octanol–water partition coefficient (Wildman–Crippen LogP) is 1.66. The molecule has 0 saturated carbocycles. The van der Waals surface area contributed by atoms with E-state index >= 15 is 0 Å². The van der Waals surface area contributed by atoms with Crippen LogP contribution in [0.1, 0.15) is 0 Å². The summed E-state index contributed by atoms with van der Waals surface area (Å²) in [6.07, 6.45) is -0.686. The van der Waals surface area contributed by atoms with Crippen molar-refractivity contribution in [1.82, 2.24) is 5.32 Å². The van der Waals surface area contributed by atoms with Crippen LogP contribution in [0.25, 0.3) is 0 Å². The van der Waals surface area contributed by atoms with Crippen molar-refractivity contribution in [2.75, 3.05) is 44.6 Å². The van der Waals surface area contributed by atoms with Crippen LogP contribution < -0.4 is 29.7 Å². The Bertz CT molecular complexity index is 871. The molecule has 0 aromatic heterocycles. The Balaban J connectivity index is 1.75. The van der Waals surface area contributed by atoms with Crippen molar-refractivity contribution in [2.45, 2.75) is 6.10 Å². The van der Waals surface area contributed by atoms with Crippen molar-refractivity contribution in [3.63, 3.8) is 0 Å². The van der Waals surface area contributed by atoms with Gasteiger partial charge in [0, 0.05) is 18.8 Å². The van der Waals surface area contributed by atoms with Gasteiger partial charge in [0.2, 0.25) is 5.91 Å². The van der Waals surface area contributed by atoms with E-state index in [1.807, 2.05) is 23.1 Å². The van der Waals surface area contributed by atoms with Gasteiger partial charge in [-0.1, -0.05) is 12.1 Å². The average Bonchev–Trinajstić information content (AvgIpc) is 2.72. The van der Waals surface area contributed by atoms with Gasteiger partial charge in [-0.25, -0.2) is 0 Å². The van der Waals surface area contributed by atoms with Crippen molar-refractivity contribution in [1.29, 1.82) is 0 Å². The minimum Gasteiger partial charge on any atom is -0.493 e. The van der Waals surface area contributed by atoms with Crippen molar-refractivity contribution >= 4 is 23.2 Å². The zero-order valence-electron chi connectivity index (χ0n) is 16.0. The van der Waals surface area contributed by atoms with Crippen LogP contribution in [-0.4, -0.2) is 52.3 Å². The molecule has 148 valence electrons. The fraction of sp³-hybridized carbons (Fsp3) is 0.300. The molecule has 1 atom stereocenters. The van der Waals surface area contributed by atoms with Gasteiger partial charge in [-0.2, -0.15) is 0 Å². The number of benzene rings is 2. The number of ether oxygens (including phenoxy) is 3. The first-order valence-electron chi connectivity index (χ1n) is 8.79. The molecule has 0 aliphatic carbocycles. The van der Waals surface area contributed by atoms with Gasteiger partial charge >= 0.3 is 0 Å². The zero-order valence-corrected chi connectivity index (χ0v) is 16.0. The van der Waals surface area contributed by atoms with E-state index in [9.17, 15) is 9.59 Å². The molecule has 1 aliphatic rings. The number of carbonyl (C=O) groups excluding carboxylic acids is 2. The van der Waals surface area contributed by atoms with Crippen LogP contribution in [0.3, 0.4) is 0 Å². The lowest BCUT2D eigenvalue weighted by Gasteiger charge is -2.35. The molecule has 2 amide bonds. The van der Waals surface area contributed by atoms with E-state index in [2.05, 4.69) is 10.6 Å². The molecule has 0 bridgehead atoms. The average molecular weight is 385 g/mol. The van der Waals surface area contributed by atoms with E-state index < -0.39 is 6.10 Å². The van der Waals surface area contributed by atoms with Crippen LogP contribution in [0.4, 0.5) is 11.4 Å². The van der Waals surface area contributed by atoms with E-state index in [0.717, 1.165) is 5.69 Å². The van der Waals surface area contributed by atoms with Crippen LogP contribution in [0, 0.1) is 0 Å². The highest BCUT2D eigenvalue weighted by molar-refractivity contribution is 5.95. The first-order valence-corrected chi connectivity index (χ1v) is 8.79. The number of hydrogen-bond acceptors (Lipinski definition) is 6. The molecule has 8 nitrogen and oxygen atoms in total. The van der Waals surface area contributed by atoms with Gasteiger partial charge in [0.15, 0.2) is 17.6 Å². The van der Waals surface area contributed by atoms with Crippen LogP contribution in [0.5, 0.6) is 17.2 Å². The summed E-state index contributed by atoms with van der Waals surface area (Å²) in [5, 5.41) is 5.43. The predicted molar refractivity (Wildman–Crippen MR) is 105 cm³/mol. The lowest BCUT2D eigenvalue weighted by molar-refractivity contribution is -0.127. The van der Waals surface area contributed by atoms with Gasteiger partial charge in [-0.3, -0.25) is 9.59 Å². The molecule has 2 aromatic carbocycles. The number of anilines is 2. The first kappa shape index (κ1) is 19.3. The van der Waals surface area contributed by atoms with Gasteiger partial charge < -0.3 is 29.7 Å². The molecule has 0 fully saturated rings.